The number of nitrogens with one attached hydrogen (secondary N) is 1. The molecule has 148 valence electrons. The van der Waals surface area contributed by atoms with E-state index in [1.807, 2.05) is 41.3 Å². The Hall–Kier alpha value is -2.53. The van der Waals surface area contributed by atoms with Crippen LogP contribution < -0.4 is 10.1 Å². The number of piperidine rings is 1. The van der Waals surface area contributed by atoms with E-state index in [4.69, 9.17) is 16.3 Å². The monoisotopic (exact) mass is 400 g/mol. The Bertz CT molecular complexity index is 789. The quantitative estimate of drug-likeness (QED) is 0.716. The van der Waals surface area contributed by atoms with Crippen molar-refractivity contribution < 1.29 is 14.3 Å². The molecule has 6 heteroatoms. The summed E-state index contributed by atoms with van der Waals surface area (Å²) in [5.41, 5.74) is 0.666. The van der Waals surface area contributed by atoms with E-state index in [2.05, 4.69) is 5.32 Å². The summed E-state index contributed by atoms with van der Waals surface area (Å²) in [5.74, 6) is 0.726. The lowest BCUT2D eigenvalue weighted by Gasteiger charge is -2.32. The van der Waals surface area contributed by atoms with E-state index in [1.165, 1.54) is 0 Å². The lowest BCUT2D eigenvalue weighted by molar-refractivity contribution is -0.132. The topological polar surface area (TPSA) is 58.6 Å². The van der Waals surface area contributed by atoms with E-state index in [-0.39, 0.29) is 17.9 Å². The highest BCUT2D eigenvalue weighted by Gasteiger charge is 2.23. The number of nitrogens with zero attached hydrogens (tertiary/aromatic N) is 1. The highest BCUT2D eigenvalue weighted by molar-refractivity contribution is 6.32. The van der Waals surface area contributed by atoms with Crippen molar-refractivity contribution in [3.05, 3.63) is 65.2 Å². The zero-order valence-electron chi connectivity index (χ0n) is 15.8. The number of benzene rings is 2. The van der Waals surface area contributed by atoms with E-state index in [1.54, 1.807) is 18.2 Å². The highest BCUT2D eigenvalue weighted by atomic mass is 35.5. The molecule has 2 aromatic rings. The lowest BCUT2D eigenvalue weighted by atomic mass is 10.0. The molecule has 0 saturated carbocycles. The minimum absolute atomic E-state index is 0.0536. The molecule has 5 nitrogen and oxygen atoms in total. The third-order valence-electron chi connectivity index (χ3n) is 4.85. The van der Waals surface area contributed by atoms with Crippen LogP contribution in [0.25, 0.3) is 0 Å². The van der Waals surface area contributed by atoms with Crippen molar-refractivity contribution in [2.75, 3.05) is 19.7 Å². The average molecular weight is 401 g/mol. The molecule has 0 aromatic heterocycles. The maximum atomic E-state index is 12.4. The number of carbonyl (C=O) groups is 2. The Morgan fingerprint density at radius 3 is 2.43 bits per heavy atom. The van der Waals surface area contributed by atoms with Crippen molar-refractivity contribution in [3.63, 3.8) is 0 Å². The molecule has 0 aliphatic carbocycles. The number of ether oxygens (including phenoxy) is 1. The molecule has 28 heavy (non-hydrogen) atoms. The van der Waals surface area contributed by atoms with Crippen LogP contribution in [0.15, 0.2) is 54.6 Å². The number of rotatable bonds is 7. The number of likely N-dealkylation sites (tertiary alicyclic amines) is 1. The molecule has 0 radical (unpaired) electrons. The third-order valence-corrected chi connectivity index (χ3v) is 5.16. The predicted molar refractivity (Wildman–Crippen MR) is 110 cm³/mol. The summed E-state index contributed by atoms with van der Waals surface area (Å²) in [7, 11) is 0. The van der Waals surface area contributed by atoms with Gasteiger partial charge >= 0.3 is 0 Å². The van der Waals surface area contributed by atoms with Crippen LogP contribution in [0.2, 0.25) is 5.02 Å². The fourth-order valence-corrected chi connectivity index (χ4v) is 3.45. The second kappa shape index (κ2) is 10.1. The Morgan fingerprint density at radius 1 is 1.04 bits per heavy atom. The Labute approximate surface area is 170 Å². The number of hydrogen-bond acceptors (Lipinski definition) is 3. The van der Waals surface area contributed by atoms with Gasteiger partial charge in [-0.25, -0.2) is 0 Å². The van der Waals surface area contributed by atoms with Crippen LogP contribution in [0.1, 0.15) is 36.0 Å². The van der Waals surface area contributed by atoms with Gasteiger partial charge in [-0.15, -0.1) is 0 Å². The molecule has 1 N–H and O–H groups in total. The van der Waals surface area contributed by atoms with E-state index in [9.17, 15) is 9.59 Å². The van der Waals surface area contributed by atoms with Gasteiger partial charge in [-0.1, -0.05) is 41.9 Å². The zero-order valence-corrected chi connectivity index (χ0v) is 16.5. The average Bonchev–Trinajstić information content (AvgIpc) is 2.73. The number of halogens is 1. The standard InChI is InChI=1S/C22H25ClN2O3/c23-19-9-4-5-10-20(19)28-16-6-11-21(26)25-14-12-18(13-15-25)24-22(27)17-7-2-1-3-8-17/h1-5,7-10,18H,6,11-16H2,(H,24,27). The summed E-state index contributed by atoms with van der Waals surface area (Å²) in [4.78, 5) is 26.5. The first-order valence-corrected chi connectivity index (χ1v) is 10.0. The molecule has 2 amide bonds. The summed E-state index contributed by atoms with van der Waals surface area (Å²) in [6, 6.07) is 16.6. The van der Waals surface area contributed by atoms with Crippen molar-refractivity contribution in [2.45, 2.75) is 31.7 Å². The van der Waals surface area contributed by atoms with Crippen molar-refractivity contribution in [3.8, 4) is 5.75 Å². The molecule has 1 saturated heterocycles. The lowest BCUT2D eigenvalue weighted by Crippen LogP contribution is -2.46. The van der Waals surface area contributed by atoms with Crippen LogP contribution in [0, 0.1) is 0 Å². The molecule has 1 aliphatic rings. The number of carbonyl (C=O) groups excluding carboxylic acids is 2. The largest absolute Gasteiger partial charge is 0.492 e. The summed E-state index contributed by atoms with van der Waals surface area (Å²) in [5, 5.41) is 3.64. The maximum Gasteiger partial charge on any atom is 0.251 e. The van der Waals surface area contributed by atoms with Crippen molar-refractivity contribution in [1.82, 2.24) is 10.2 Å². The third kappa shape index (κ3) is 5.73. The van der Waals surface area contributed by atoms with Crippen LogP contribution in [0.3, 0.4) is 0 Å². The summed E-state index contributed by atoms with van der Waals surface area (Å²) < 4.78 is 5.63. The predicted octanol–water partition coefficient (Wildman–Crippen LogP) is 3.92. The van der Waals surface area contributed by atoms with Crippen molar-refractivity contribution in [2.24, 2.45) is 0 Å². The van der Waals surface area contributed by atoms with Crippen molar-refractivity contribution >= 4 is 23.4 Å². The van der Waals surface area contributed by atoms with Crippen molar-refractivity contribution in [1.29, 1.82) is 0 Å². The van der Waals surface area contributed by atoms with Gasteiger partial charge in [0, 0.05) is 31.1 Å². The normalized spacial score (nSPS) is 14.5. The Balaban J connectivity index is 1.34. The van der Waals surface area contributed by atoms with E-state index < -0.39 is 0 Å². The first-order chi connectivity index (χ1) is 13.6. The van der Waals surface area contributed by atoms with E-state index >= 15 is 0 Å². The first-order valence-electron chi connectivity index (χ1n) is 9.64. The van der Waals surface area contributed by atoms with Crippen LogP contribution in [-0.4, -0.2) is 42.5 Å². The SMILES string of the molecule is O=C(NC1CCN(C(=O)CCCOc2ccccc2Cl)CC1)c1ccccc1. The molecule has 1 fully saturated rings. The van der Waals surface area contributed by atoms with Crippen LogP contribution in [0.4, 0.5) is 0 Å². The smallest absolute Gasteiger partial charge is 0.251 e. The maximum absolute atomic E-state index is 12.4. The van der Waals surface area contributed by atoms with Gasteiger partial charge in [-0.3, -0.25) is 9.59 Å². The van der Waals surface area contributed by atoms with Gasteiger partial charge in [0.25, 0.3) is 5.91 Å². The summed E-state index contributed by atoms with van der Waals surface area (Å²) >= 11 is 6.05. The minimum Gasteiger partial charge on any atom is -0.492 e. The zero-order chi connectivity index (χ0) is 19.8. The Kier molecular flexibility index (Phi) is 7.31. The molecular weight excluding hydrogens is 376 g/mol. The van der Waals surface area contributed by atoms with E-state index in [0.717, 1.165) is 12.8 Å². The van der Waals surface area contributed by atoms with Gasteiger partial charge in [0.05, 0.1) is 11.6 Å². The van der Waals surface area contributed by atoms with Crippen LogP contribution >= 0.6 is 11.6 Å². The van der Waals surface area contributed by atoms with Gasteiger partial charge in [0.2, 0.25) is 5.91 Å². The fraction of sp³-hybridized carbons (Fsp3) is 0.364. The van der Waals surface area contributed by atoms with Gasteiger partial charge in [0.15, 0.2) is 0 Å². The molecule has 2 aromatic carbocycles. The fourth-order valence-electron chi connectivity index (χ4n) is 3.26. The first kappa shape index (κ1) is 20.2. The number of para-hydroxylation sites is 1. The Morgan fingerprint density at radius 2 is 1.71 bits per heavy atom. The van der Waals surface area contributed by atoms with E-state index in [0.29, 0.717) is 48.9 Å². The number of amides is 2. The number of hydrogen-bond donors (Lipinski definition) is 1. The molecule has 1 aliphatic heterocycles. The molecule has 1 heterocycles. The molecular formula is C22H25ClN2O3. The van der Waals surface area contributed by atoms with Gasteiger partial charge < -0.3 is 15.0 Å². The second-order valence-electron chi connectivity index (χ2n) is 6.88. The molecule has 0 bridgehead atoms. The minimum atomic E-state index is -0.0536. The second-order valence-corrected chi connectivity index (χ2v) is 7.28. The highest BCUT2D eigenvalue weighted by Crippen LogP contribution is 2.23. The summed E-state index contributed by atoms with van der Waals surface area (Å²) in [6.07, 6.45) is 2.65. The van der Waals surface area contributed by atoms with Gasteiger partial charge in [0.1, 0.15) is 5.75 Å². The summed E-state index contributed by atoms with van der Waals surface area (Å²) in [6.45, 7) is 1.80. The van der Waals surface area contributed by atoms with Crippen LogP contribution in [0.5, 0.6) is 5.75 Å². The molecule has 0 unspecified atom stereocenters. The van der Waals surface area contributed by atoms with Gasteiger partial charge in [-0.2, -0.15) is 0 Å². The molecule has 0 spiro atoms. The van der Waals surface area contributed by atoms with Crippen LogP contribution in [-0.2, 0) is 4.79 Å². The van der Waals surface area contributed by atoms with Gasteiger partial charge in [-0.05, 0) is 43.5 Å². The molecule has 0 atom stereocenters. The molecule has 3 rings (SSSR count).